The molecule has 1 N–H and O–H groups in total. The number of carbonyl (C=O) groups is 1. The normalized spacial score (nSPS) is 38.0. The van der Waals surface area contributed by atoms with E-state index in [0.717, 1.165) is 22.4 Å². The Morgan fingerprint density at radius 3 is 2.30 bits per heavy atom. The number of hydrogen-bond donors (Lipinski definition) is 1. The third-order valence-electron chi connectivity index (χ3n) is 5.36. The summed E-state index contributed by atoms with van der Waals surface area (Å²) in [5, 5.41) is 3.35. The van der Waals surface area contributed by atoms with Crippen molar-refractivity contribution in [3.63, 3.8) is 0 Å². The van der Waals surface area contributed by atoms with Crippen LogP contribution >= 0.6 is 15.9 Å². The van der Waals surface area contributed by atoms with Crippen LogP contribution in [0.25, 0.3) is 0 Å². The van der Waals surface area contributed by atoms with Crippen LogP contribution in [0.2, 0.25) is 0 Å². The molecule has 4 aliphatic carbocycles. The number of pyridine rings is 1. The maximum Gasteiger partial charge on any atom is 0.270 e. The fourth-order valence-corrected chi connectivity index (χ4v) is 5.45. The van der Waals surface area contributed by atoms with E-state index in [9.17, 15) is 4.79 Å². The fourth-order valence-electron chi connectivity index (χ4n) is 5.10. The third-order valence-corrected chi connectivity index (χ3v) is 5.81. The Kier molecular flexibility index (Phi) is 2.92. The van der Waals surface area contributed by atoms with Crippen molar-refractivity contribution in [2.24, 2.45) is 17.8 Å². The van der Waals surface area contributed by atoms with Gasteiger partial charge in [0.15, 0.2) is 0 Å². The second-order valence-corrected chi connectivity index (χ2v) is 7.81. The van der Waals surface area contributed by atoms with Crippen molar-refractivity contribution in [2.75, 3.05) is 0 Å². The third kappa shape index (κ3) is 2.18. The van der Waals surface area contributed by atoms with Crippen LogP contribution in [0.15, 0.2) is 22.8 Å². The zero-order chi connectivity index (χ0) is 13.7. The number of hydrogen-bond acceptors (Lipinski definition) is 2. The highest BCUT2D eigenvalue weighted by Gasteiger charge is 2.51. The summed E-state index contributed by atoms with van der Waals surface area (Å²) in [6.07, 6.45) is 7.72. The zero-order valence-electron chi connectivity index (χ0n) is 11.4. The summed E-state index contributed by atoms with van der Waals surface area (Å²) in [4.78, 5) is 16.8. The lowest BCUT2D eigenvalue weighted by atomic mass is 9.53. The number of aromatic nitrogens is 1. The predicted molar refractivity (Wildman–Crippen MR) is 80.3 cm³/mol. The highest BCUT2D eigenvalue weighted by molar-refractivity contribution is 9.10. The molecule has 0 aromatic carbocycles. The van der Waals surface area contributed by atoms with E-state index in [1.165, 1.54) is 38.5 Å². The molecule has 0 atom stereocenters. The molecule has 4 fully saturated rings. The van der Waals surface area contributed by atoms with Crippen molar-refractivity contribution in [2.45, 2.75) is 44.1 Å². The van der Waals surface area contributed by atoms with Crippen LogP contribution in [0, 0.1) is 17.8 Å². The SMILES string of the molecule is O=C(NC12CC3CC(CC(C3)C1)C2)c1cccc(Br)n1. The van der Waals surface area contributed by atoms with Crippen LogP contribution in [0.4, 0.5) is 0 Å². The molecule has 0 radical (unpaired) electrons. The lowest BCUT2D eigenvalue weighted by Gasteiger charge is -2.56. The molecule has 4 saturated carbocycles. The van der Waals surface area contributed by atoms with Crippen LogP contribution in [0.3, 0.4) is 0 Å². The monoisotopic (exact) mass is 334 g/mol. The van der Waals surface area contributed by atoms with Gasteiger partial charge in [-0.05, 0) is 84.3 Å². The maximum absolute atomic E-state index is 12.5. The van der Waals surface area contributed by atoms with E-state index in [2.05, 4.69) is 26.2 Å². The molecule has 1 amide bonds. The van der Waals surface area contributed by atoms with Crippen LogP contribution in [0.5, 0.6) is 0 Å². The van der Waals surface area contributed by atoms with Gasteiger partial charge < -0.3 is 5.32 Å². The smallest absolute Gasteiger partial charge is 0.270 e. The van der Waals surface area contributed by atoms with Crippen LogP contribution in [0.1, 0.15) is 49.0 Å². The standard InChI is InChI=1S/C16H19BrN2O/c17-14-3-1-2-13(18-14)15(20)19-16-7-10-4-11(8-16)6-12(5-10)9-16/h1-3,10-12H,4-9H2,(H,19,20). The van der Waals surface area contributed by atoms with E-state index in [1.807, 2.05) is 12.1 Å². The van der Waals surface area contributed by atoms with E-state index >= 15 is 0 Å². The van der Waals surface area contributed by atoms with Crippen molar-refractivity contribution < 1.29 is 4.79 Å². The van der Waals surface area contributed by atoms with E-state index < -0.39 is 0 Å². The van der Waals surface area contributed by atoms with Gasteiger partial charge in [0.2, 0.25) is 0 Å². The first-order valence-electron chi connectivity index (χ1n) is 7.57. The molecule has 4 heteroatoms. The molecule has 5 rings (SSSR count). The Bertz CT molecular complexity index is 522. The highest BCUT2D eigenvalue weighted by atomic mass is 79.9. The molecular formula is C16H19BrN2O. The average Bonchev–Trinajstić information content (AvgIpc) is 2.36. The highest BCUT2D eigenvalue weighted by Crippen LogP contribution is 2.55. The van der Waals surface area contributed by atoms with Crippen molar-refractivity contribution in [3.8, 4) is 0 Å². The predicted octanol–water partition coefficient (Wildman–Crippen LogP) is 3.54. The van der Waals surface area contributed by atoms with Gasteiger partial charge >= 0.3 is 0 Å². The molecule has 106 valence electrons. The van der Waals surface area contributed by atoms with Crippen LogP contribution in [-0.2, 0) is 0 Å². The molecule has 0 unspecified atom stereocenters. The minimum Gasteiger partial charge on any atom is -0.345 e. The number of rotatable bonds is 2. The van der Waals surface area contributed by atoms with Crippen molar-refractivity contribution >= 4 is 21.8 Å². The average molecular weight is 335 g/mol. The second kappa shape index (κ2) is 4.55. The lowest BCUT2D eigenvalue weighted by Crippen LogP contribution is -2.59. The summed E-state index contributed by atoms with van der Waals surface area (Å²) in [5.41, 5.74) is 0.589. The first-order valence-corrected chi connectivity index (χ1v) is 8.36. The zero-order valence-corrected chi connectivity index (χ0v) is 13.0. The van der Waals surface area contributed by atoms with Gasteiger partial charge in [-0.3, -0.25) is 4.79 Å². The van der Waals surface area contributed by atoms with Crippen molar-refractivity contribution in [1.29, 1.82) is 0 Å². The molecular weight excluding hydrogens is 316 g/mol. The van der Waals surface area contributed by atoms with Gasteiger partial charge in [-0.1, -0.05) is 6.07 Å². The Labute approximate surface area is 127 Å². The fraction of sp³-hybridized carbons (Fsp3) is 0.625. The topological polar surface area (TPSA) is 42.0 Å². The van der Waals surface area contributed by atoms with Crippen molar-refractivity contribution in [3.05, 3.63) is 28.5 Å². The molecule has 1 aromatic rings. The quantitative estimate of drug-likeness (QED) is 0.840. The molecule has 4 bridgehead atoms. The summed E-state index contributed by atoms with van der Waals surface area (Å²) in [6.45, 7) is 0. The van der Waals surface area contributed by atoms with E-state index in [-0.39, 0.29) is 11.4 Å². The summed E-state index contributed by atoms with van der Waals surface area (Å²) >= 11 is 3.33. The number of carbonyl (C=O) groups excluding carboxylic acids is 1. The number of nitrogens with zero attached hydrogens (tertiary/aromatic N) is 1. The number of amides is 1. The Balaban J connectivity index is 1.55. The largest absolute Gasteiger partial charge is 0.345 e. The summed E-state index contributed by atoms with van der Waals surface area (Å²) in [5.74, 6) is 2.53. The van der Waals surface area contributed by atoms with E-state index in [0.29, 0.717) is 5.69 Å². The maximum atomic E-state index is 12.5. The molecule has 0 saturated heterocycles. The number of halogens is 1. The van der Waals surface area contributed by atoms with Gasteiger partial charge in [-0.25, -0.2) is 4.98 Å². The molecule has 4 aliphatic rings. The number of nitrogens with one attached hydrogen (secondary N) is 1. The first-order chi connectivity index (χ1) is 9.62. The minimum absolute atomic E-state index is 0.00625. The van der Waals surface area contributed by atoms with Crippen LogP contribution in [-0.4, -0.2) is 16.4 Å². The molecule has 0 aliphatic heterocycles. The Morgan fingerprint density at radius 1 is 1.15 bits per heavy atom. The minimum atomic E-state index is -0.00625. The molecule has 1 aromatic heterocycles. The molecule has 3 nitrogen and oxygen atoms in total. The Hall–Kier alpha value is -0.900. The Morgan fingerprint density at radius 2 is 1.75 bits per heavy atom. The molecule has 0 spiro atoms. The summed E-state index contributed by atoms with van der Waals surface area (Å²) in [6, 6.07) is 5.51. The molecule has 1 heterocycles. The first kappa shape index (κ1) is 12.8. The van der Waals surface area contributed by atoms with Crippen molar-refractivity contribution in [1.82, 2.24) is 10.3 Å². The summed E-state index contributed by atoms with van der Waals surface area (Å²) < 4.78 is 0.718. The van der Waals surface area contributed by atoms with E-state index in [1.54, 1.807) is 6.07 Å². The van der Waals surface area contributed by atoms with Crippen LogP contribution < -0.4 is 5.32 Å². The van der Waals surface area contributed by atoms with Gasteiger partial charge in [0.05, 0.1) is 0 Å². The second-order valence-electron chi connectivity index (χ2n) is 7.00. The van der Waals surface area contributed by atoms with E-state index in [4.69, 9.17) is 0 Å². The van der Waals surface area contributed by atoms with Gasteiger partial charge in [0.1, 0.15) is 10.3 Å². The van der Waals surface area contributed by atoms with Gasteiger partial charge in [0.25, 0.3) is 5.91 Å². The lowest BCUT2D eigenvalue weighted by molar-refractivity contribution is -0.0167. The summed E-state index contributed by atoms with van der Waals surface area (Å²) in [7, 11) is 0. The van der Waals surface area contributed by atoms with Gasteiger partial charge in [0, 0.05) is 5.54 Å². The van der Waals surface area contributed by atoms with Gasteiger partial charge in [-0.15, -0.1) is 0 Å². The van der Waals surface area contributed by atoms with Gasteiger partial charge in [-0.2, -0.15) is 0 Å². The molecule has 20 heavy (non-hydrogen) atoms.